The van der Waals surface area contributed by atoms with Gasteiger partial charge in [0, 0.05) is 36.0 Å². The van der Waals surface area contributed by atoms with Crippen LogP contribution in [0.3, 0.4) is 0 Å². The molecule has 0 aliphatic carbocycles. The van der Waals surface area contributed by atoms with Crippen LogP contribution in [0.25, 0.3) is 0 Å². The number of hydroxylamine groups is 1. The van der Waals surface area contributed by atoms with E-state index in [1.165, 1.54) is 30.3 Å². The van der Waals surface area contributed by atoms with Gasteiger partial charge in [-0.05, 0) is 19.1 Å². The minimum Gasteiger partial charge on any atom is -0.385 e. The standard InChI is InChI=1S/C14H15N3O5/c1-3-8-15-10(2)9-13(18)22-16-14(19)11-4-6-12(7-5-11)17(20)21/h3-7,9,15H,1,8H2,2H3,(H,16,19)/b10-9-. The highest BCUT2D eigenvalue weighted by atomic mass is 16.7. The van der Waals surface area contributed by atoms with Gasteiger partial charge in [-0.25, -0.2) is 4.79 Å². The van der Waals surface area contributed by atoms with E-state index in [0.717, 1.165) is 0 Å². The maximum absolute atomic E-state index is 11.7. The molecule has 0 bridgehead atoms. The molecule has 1 aromatic rings. The first-order valence-electron chi connectivity index (χ1n) is 6.22. The van der Waals surface area contributed by atoms with Crippen LogP contribution in [0.4, 0.5) is 5.69 Å². The number of hydrogen-bond donors (Lipinski definition) is 2. The van der Waals surface area contributed by atoms with Crippen molar-refractivity contribution in [3.05, 3.63) is 64.4 Å². The summed E-state index contributed by atoms with van der Waals surface area (Å²) in [6, 6.07) is 4.88. The van der Waals surface area contributed by atoms with E-state index in [-0.39, 0.29) is 11.3 Å². The summed E-state index contributed by atoms with van der Waals surface area (Å²) in [6.45, 7) is 5.66. The number of carbonyl (C=O) groups is 2. The number of nitro groups is 1. The summed E-state index contributed by atoms with van der Waals surface area (Å²) in [6.07, 6.45) is 2.79. The lowest BCUT2D eigenvalue weighted by atomic mass is 10.2. The second kappa shape index (κ2) is 8.20. The third-order valence-electron chi connectivity index (χ3n) is 2.44. The molecule has 2 N–H and O–H groups in total. The fourth-order valence-electron chi connectivity index (χ4n) is 1.38. The first-order valence-corrected chi connectivity index (χ1v) is 6.22. The molecule has 116 valence electrons. The van der Waals surface area contributed by atoms with Gasteiger partial charge in [0.1, 0.15) is 0 Å². The van der Waals surface area contributed by atoms with Crippen molar-refractivity contribution in [2.45, 2.75) is 6.92 Å². The van der Waals surface area contributed by atoms with Crippen molar-refractivity contribution in [3.63, 3.8) is 0 Å². The molecule has 1 rings (SSSR count). The van der Waals surface area contributed by atoms with Crippen molar-refractivity contribution in [1.29, 1.82) is 0 Å². The van der Waals surface area contributed by atoms with Crippen molar-refractivity contribution < 1.29 is 19.3 Å². The zero-order valence-electron chi connectivity index (χ0n) is 11.9. The van der Waals surface area contributed by atoms with Crippen molar-refractivity contribution >= 4 is 17.6 Å². The molecule has 0 saturated carbocycles. The molecule has 0 saturated heterocycles. The number of amides is 1. The summed E-state index contributed by atoms with van der Waals surface area (Å²) in [4.78, 5) is 37.6. The molecule has 0 aliphatic rings. The maximum atomic E-state index is 11.7. The zero-order valence-corrected chi connectivity index (χ0v) is 11.9. The van der Waals surface area contributed by atoms with Crippen LogP contribution >= 0.6 is 0 Å². The highest BCUT2D eigenvalue weighted by molar-refractivity contribution is 5.95. The molecule has 0 unspecified atom stereocenters. The molecule has 0 radical (unpaired) electrons. The predicted octanol–water partition coefficient (Wildman–Crippen LogP) is 1.46. The SMILES string of the molecule is C=CCN/C(C)=C\C(=O)ONC(=O)c1ccc([N+](=O)[O-])cc1. The van der Waals surface area contributed by atoms with Gasteiger partial charge in [0.05, 0.1) is 4.92 Å². The number of carbonyl (C=O) groups excluding carboxylic acids is 2. The van der Waals surface area contributed by atoms with Crippen LogP contribution < -0.4 is 10.8 Å². The topological polar surface area (TPSA) is 111 Å². The number of allylic oxidation sites excluding steroid dienone is 1. The lowest BCUT2D eigenvalue weighted by molar-refractivity contribution is -0.384. The van der Waals surface area contributed by atoms with E-state index in [1.54, 1.807) is 13.0 Å². The molecule has 0 atom stereocenters. The van der Waals surface area contributed by atoms with E-state index < -0.39 is 16.8 Å². The molecular weight excluding hydrogens is 290 g/mol. The van der Waals surface area contributed by atoms with Gasteiger partial charge >= 0.3 is 5.97 Å². The molecule has 8 nitrogen and oxygen atoms in total. The number of nitrogens with zero attached hydrogens (tertiary/aromatic N) is 1. The van der Waals surface area contributed by atoms with Crippen LogP contribution in [0.5, 0.6) is 0 Å². The predicted molar refractivity (Wildman–Crippen MR) is 78.6 cm³/mol. The first-order chi connectivity index (χ1) is 10.4. The Bertz CT molecular complexity index is 607. The number of benzene rings is 1. The van der Waals surface area contributed by atoms with Gasteiger partial charge in [-0.2, -0.15) is 5.48 Å². The third kappa shape index (κ3) is 5.45. The Labute approximate surface area is 126 Å². The monoisotopic (exact) mass is 305 g/mol. The largest absolute Gasteiger partial charge is 0.385 e. The minimum atomic E-state index is -0.760. The number of non-ortho nitro benzene ring substituents is 1. The number of nitro benzene ring substituents is 1. The average Bonchev–Trinajstić information content (AvgIpc) is 2.50. The van der Waals surface area contributed by atoms with E-state index in [0.29, 0.717) is 12.2 Å². The molecule has 0 fully saturated rings. The summed E-state index contributed by atoms with van der Waals surface area (Å²) in [5, 5.41) is 13.4. The summed E-state index contributed by atoms with van der Waals surface area (Å²) in [7, 11) is 0. The van der Waals surface area contributed by atoms with Gasteiger partial charge in [0.15, 0.2) is 0 Å². The Morgan fingerprint density at radius 3 is 2.55 bits per heavy atom. The number of rotatable bonds is 6. The Hall–Kier alpha value is -3.16. The second-order valence-electron chi connectivity index (χ2n) is 4.15. The van der Waals surface area contributed by atoms with Gasteiger partial charge in [0.2, 0.25) is 0 Å². The van der Waals surface area contributed by atoms with Crippen molar-refractivity contribution in [2.75, 3.05) is 6.54 Å². The van der Waals surface area contributed by atoms with Gasteiger partial charge in [-0.15, -0.1) is 6.58 Å². The first kappa shape index (κ1) is 16.9. The van der Waals surface area contributed by atoms with Crippen molar-refractivity contribution in [1.82, 2.24) is 10.8 Å². The van der Waals surface area contributed by atoms with E-state index in [2.05, 4.69) is 16.7 Å². The van der Waals surface area contributed by atoms with Crippen LogP contribution in [0.2, 0.25) is 0 Å². The molecule has 1 aromatic carbocycles. The van der Waals surface area contributed by atoms with Gasteiger partial charge in [-0.3, -0.25) is 14.9 Å². The van der Waals surface area contributed by atoms with Crippen LogP contribution in [-0.4, -0.2) is 23.3 Å². The third-order valence-corrected chi connectivity index (χ3v) is 2.44. The highest BCUT2D eigenvalue weighted by Crippen LogP contribution is 2.11. The fraction of sp³-hybridized carbons (Fsp3) is 0.143. The quantitative estimate of drug-likeness (QED) is 0.356. The molecule has 1 amide bonds. The summed E-state index contributed by atoms with van der Waals surface area (Å²) in [5.41, 5.74) is 2.50. The van der Waals surface area contributed by atoms with Gasteiger partial charge < -0.3 is 10.2 Å². The van der Waals surface area contributed by atoms with E-state index in [1.807, 2.05) is 5.48 Å². The van der Waals surface area contributed by atoms with Gasteiger partial charge in [0.25, 0.3) is 11.6 Å². The number of hydrogen-bond acceptors (Lipinski definition) is 6. The van der Waals surface area contributed by atoms with E-state index >= 15 is 0 Å². The van der Waals surface area contributed by atoms with Crippen LogP contribution in [0.1, 0.15) is 17.3 Å². The normalized spacial score (nSPS) is 10.5. The Morgan fingerprint density at radius 1 is 1.36 bits per heavy atom. The molecule has 0 spiro atoms. The second-order valence-corrected chi connectivity index (χ2v) is 4.15. The van der Waals surface area contributed by atoms with Crippen molar-refractivity contribution in [3.8, 4) is 0 Å². The molecule has 0 aromatic heterocycles. The average molecular weight is 305 g/mol. The molecule has 8 heteroatoms. The summed E-state index contributed by atoms with van der Waals surface area (Å²) < 4.78 is 0. The lowest BCUT2D eigenvalue weighted by Gasteiger charge is -2.05. The molecule has 0 heterocycles. The fourth-order valence-corrected chi connectivity index (χ4v) is 1.38. The molecule has 0 aliphatic heterocycles. The van der Waals surface area contributed by atoms with Crippen molar-refractivity contribution in [2.24, 2.45) is 0 Å². The molecular formula is C14H15N3O5. The summed E-state index contributed by atoms with van der Waals surface area (Å²) in [5.74, 6) is -1.45. The molecule has 22 heavy (non-hydrogen) atoms. The van der Waals surface area contributed by atoms with E-state index in [4.69, 9.17) is 0 Å². The Kier molecular flexibility index (Phi) is 6.30. The Morgan fingerprint density at radius 2 is 2.00 bits per heavy atom. The minimum absolute atomic E-state index is 0.129. The Balaban J connectivity index is 2.53. The maximum Gasteiger partial charge on any atom is 0.357 e. The highest BCUT2D eigenvalue weighted by Gasteiger charge is 2.10. The van der Waals surface area contributed by atoms with Crippen LogP contribution in [-0.2, 0) is 9.63 Å². The van der Waals surface area contributed by atoms with Crippen LogP contribution in [0, 0.1) is 10.1 Å². The smallest absolute Gasteiger partial charge is 0.357 e. The van der Waals surface area contributed by atoms with Gasteiger partial charge in [-0.1, -0.05) is 6.08 Å². The van der Waals surface area contributed by atoms with Crippen LogP contribution in [0.15, 0.2) is 48.7 Å². The van der Waals surface area contributed by atoms with E-state index in [9.17, 15) is 19.7 Å². The lowest BCUT2D eigenvalue weighted by Crippen LogP contribution is -2.26. The summed E-state index contributed by atoms with van der Waals surface area (Å²) >= 11 is 0. The number of nitrogens with one attached hydrogen (secondary N) is 2. The zero-order chi connectivity index (χ0) is 16.5.